The van der Waals surface area contributed by atoms with Crippen molar-refractivity contribution < 1.29 is 24.5 Å². The quantitative estimate of drug-likeness (QED) is 0.805. The standard InChI is InChI=1S/C15H19NO5/c1-15-9-7-11(21-3)10(20-2)6-8(9)4-5-16(15)14(19)12(17)13(15)18/h6-7,12-13,17-18H,4-5H2,1-3H3/t12-,13-,15+/m1/s1. The van der Waals surface area contributed by atoms with Crippen molar-refractivity contribution in [3.05, 3.63) is 23.3 Å². The summed E-state index contributed by atoms with van der Waals surface area (Å²) in [6.07, 6.45) is -1.90. The monoisotopic (exact) mass is 293 g/mol. The van der Waals surface area contributed by atoms with E-state index in [4.69, 9.17) is 9.47 Å². The molecule has 3 atom stereocenters. The number of rotatable bonds is 2. The summed E-state index contributed by atoms with van der Waals surface area (Å²) in [5.41, 5.74) is 0.847. The number of benzene rings is 1. The van der Waals surface area contributed by atoms with Crippen LogP contribution in [0.4, 0.5) is 0 Å². The summed E-state index contributed by atoms with van der Waals surface area (Å²) in [4.78, 5) is 13.7. The molecule has 2 N–H and O–H groups in total. The number of aliphatic hydroxyl groups excluding tert-OH is 2. The van der Waals surface area contributed by atoms with Gasteiger partial charge in [0.25, 0.3) is 5.91 Å². The highest BCUT2D eigenvalue weighted by molar-refractivity contribution is 5.86. The molecule has 6 nitrogen and oxygen atoms in total. The van der Waals surface area contributed by atoms with Crippen LogP contribution in [0.25, 0.3) is 0 Å². The molecule has 6 heteroatoms. The molecule has 114 valence electrons. The Labute approximate surface area is 122 Å². The average molecular weight is 293 g/mol. The third-order valence-electron chi connectivity index (χ3n) is 4.71. The first-order valence-corrected chi connectivity index (χ1v) is 6.88. The summed E-state index contributed by atoms with van der Waals surface area (Å²) in [6, 6.07) is 3.66. The molecule has 0 saturated carbocycles. The van der Waals surface area contributed by atoms with Gasteiger partial charge in [-0.3, -0.25) is 4.79 Å². The molecule has 0 aliphatic carbocycles. The normalized spacial score (nSPS) is 30.9. The van der Waals surface area contributed by atoms with E-state index in [0.29, 0.717) is 24.5 Å². The molecule has 1 fully saturated rings. The second kappa shape index (κ2) is 4.61. The van der Waals surface area contributed by atoms with Gasteiger partial charge in [0, 0.05) is 6.54 Å². The number of nitrogens with zero attached hydrogens (tertiary/aromatic N) is 1. The van der Waals surface area contributed by atoms with E-state index in [-0.39, 0.29) is 0 Å². The zero-order valence-corrected chi connectivity index (χ0v) is 12.3. The number of carbonyl (C=O) groups is 1. The molecule has 3 rings (SSSR count). The summed E-state index contributed by atoms with van der Waals surface area (Å²) >= 11 is 0. The van der Waals surface area contributed by atoms with E-state index in [1.165, 1.54) is 7.11 Å². The molecule has 0 aromatic heterocycles. The Morgan fingerprint density at radius 2 is 1.86 bits per heavy atom. The fourth-order valence-corrected chi connectivity index (χ4v) is 3.47. The Balaban J connectivity index is 2.19. The van der Waals surface area contributed by atoms with Crippen LogP contribution in [-0.4, -0.2) is 54.0 Å². The maximum Gasteiger partial charge on any atom is 0.255 e. The number of methoxy groups -OCH3 is 2. The Hall–Kier alpha value is -1.79. The second-order valence-electron chi connectivity index (χ2n) is 5.64. The minimum atomic E-state index is -1.38. The van der Waals surface area contributed by atoms with Crippen LogP contribution >= 0.6 is 0 Å². The maximum atomic E-state index is 12.1. The predicted molar refractivity (Wildman–Crippen MR) is 74.3 cm³/mol. The number of hydrogen-bond acceptors (Lipinski definition) is 5. The van der Waals surface area contributed by atoms with Crippen molar-refractivity contribution in [3.63, 3.8) is 0 Å². The number of amides is 1. The van der Waals surface area contributed by atoms with Gasteiger partial charge in [-0.2, -0.15) is 0 Å². The molecular formula is C15H19NO5. The number of carbonyl (C=O) groups excluding carboxylic acids is 1. The van der Waals surface area contributed by atoms with Crippen LogP contribution in [0, 0.1) is 0 Å². The van der Waals surface area contributed by atoms with E-state index < -0.39 is 23.7 Å². The van der Waals surface area contributed by atoms with Crippen molar-refractivity contribution in [3.8, 4) is 11.5 Å². The topological polar surface area (TPSA) is 79.2 Å². The molecule has 21 heavy (non-hydrogen) atoms. The van der Waals surface area contributed by atoms with Gasteiger partial charge in [0.2, 0.25) is 0 Å². The average Bonchev–Trinajstić information content (AvgIpc) is 2.67. The summed E-state index contributed by atoms with van der Waals surface area (Å²) in [5.74, 6) is 0.735. The molecule has 1 amide bonds. The first-order chi connectivity index (χ1) is 9.94. The van der Waals surface area contributed by atoms with Crippen LogP contribution in [0.5, 0.6) is 11.5 Å². The lowest BCUT2D eigenvalue weighted by molar-refractivity contribution is -0.137. The van der Waals surface area contributed by atoms with Crippen molar-refractivity contribution in [2.45, 2.75) is 31.1 Å². The molecule has 1 aromatic carbocycles. The van der Waals surface area contributed by atoms with Crippen molar-refractivity contribution >= 4 is 5.91 Å². The van der Waals surface area contributed by atoms with Gasteiger partial charge in [0.15, 0.2) is 17.6 Å². The second-order valence-corrected chi connectivity index (χ2v) is 5.64. The Morgan fingerprint density at radius 1 is 1.24 bits per heavy atom. The summed E-state index contributed by atoms with van der Waals surface area (Å²) in [5, 5.41) is 20.3. The van der Waals surface area contributed by atoms with Crippen LogP contribution in [0.2, 0.25) is 0 Å². The summed E-state index contributed by atoms with van der Waals surface area (Å²) < 4.78 is 10.6. The van der Waals surface area contributed by atoms with Crippen LogP contribution in [0.3, 0.4) is 0 Å². The number of ether oxygens (including phenoxy) is 2. The van der Waals surface area contributed by atoms with Gasteiger partial charge >= 0.3 is 0 Å². The summed E-state index contributed by atoms with van der Waals surface area (Å²) in [6.45, 7) is 2.24. The minimum Gasteiger partial charge on any atom is -0.493 e. The van der Waals surface area contributed by atoms with Crippen molar-refractivity contribution in [1.29, 1.82) is 0 Å². The van der Waals surface area contributed by atoms with E-state index in [1.807, 2.05) is 6.07 Å². The first-order valence-electron chi connectivity index (χ1n) is 6.88. The van der Waals surface area contributed by atoms with E-state index in [9.17, 15) is 15.0 Å². The van der Waals surface area contributed by atoms with Gasteiger partial charge in [-0.15, -0.1) is 0 Å². The molecule has 2 aliphatic heterocycles. The lowest BCUT2D eigenvalue weighted by Gasteiger charge is -2.42. The third kappa shape index (κ3) is 1.69. The fourth-order valence-electron chi connectivity index (χ4n) is 3.47. The van der Waals surface area contributed by atoms with E-state index in [1.54, 1.807) is 25.0 Å². The highest BCUT2D eigenvalue weighted by atomic mass is 16.5. The van der Waals surface area contributed by atoms with E-state index >= 15 is 0 Å². The molecule has 2 heterocycles. The SMILES string of the molecule is COc1cc2c(cc1OC)[C@@]1(C)[C@H](O)[C@@H](O)C(=O)N1CC2. The smallest absolute Gasteiger partial charge is 0.255 e. The highest BCUT2D eigenvalue weighted by Gasteiger charge is 2.57. The molecule has 0 spiro atoms. The zero-order chi connectivity index (χ0) is 15.4. The van der Waals surface area contributed by atoms with Crippen LogP contribution in [0.1, 0.15) is 18.1 Å². The number of hydrogen-bond donors (Lipinski definition) is 2. The third-order valence-corrected chi connectivity index (χ3v) is 4.71. The lowest BCUT2D eigenvalue weighted by Crippen LogP contribution is -2.50. The Kier molecular flexibility index (Phi) is 3.11. The minimum absolute atomic E-state index is 0.426. The number of fused-ring (bicyclic) bond motifs is 3. The highest BCUT2D eigenvalue weighted by Crippen LogP contribution is 2.47. The van der Waals surface area contributed by atoms with Gasteiger partial charge in [-0.25, -0.2) is 0 Å². The Morgan fingerprint density at radius 3 is 2.48 bits per heavy atom. The maximum absolute atomic E-state index is 12.1. The van der Waals surface area contributed by atoms with Crippen molar-refractivity contribution in [2.24, 2.45) is 0 Å². The van der Waals surface area contributed by atoms with Crippen LogP contribution < -0.4 is 9.47 Å². The molecule has 0 radical (unpaired) electrons. The summed E-state index contributed by atoms with van der Waals surface area (Å²) in [7, 11) is 3.11. The molecule has 0 unspecified atom stereocenters. The molecule has 1 saturated heterocycles. The van der Waals surface area contributed by atoms with Crippen LogP contribution in [0.15, 0.2) is 12.1 Å². The van der Waals surface area contributed by atoms with Gasteiger partial charge in [0.1, 0.15) is 6.10 Å². The van der Waals surface area contributed by atoms with Gasteiger partial charge in [-0.05, 0) is 36.6 Å². The van der Waals surface area contributed by atoms with E-state index in [0.717, 1.165) is 11.1 Å². The predicted octanol–water partition coefficient (Wildman–Crippen LogP) is 0.0391. The van der Waals surface area contributed by atoms with Crippen molar-refractivity contribution in [1.82, 2.24) is 4.90 Å². The lowest BCUT2D eigenvalue weighted by atomic mass is 9.79. The Bertz CT molecular complexity index is 602. The van der Waals surface area contributed by atoms with Crippen molar-refractivity contribution in [2.75, 3.05) is 20.8 Å². The molecule has 0 bridgehead atoms. The van der Waals surface area contributed by atoms with Crippen LogP contribution in [-0.2, 0) is 16.8 Å². The van der Waals surface area contributed by atoms with Gasteiger partial charge in [-0.1, -0.05) is 0 Å². The first kappa shape index (κ1) is 14.2. The largest absolute Gasteiger partial charge is 0.493 e. The number of aliphatic hydroxyl groups is 2. The molecule has 1 aromatic rings. The molecular weight excluding hydrogens is 274 g/mol. The van der Waals surface area contributed by atoms with Gasteiger partial charge in [0.05, 0.1) is 19.8 Å². The van der Waals surface area contributed by atoms with Gasteiger partial charge < -0.3 is 24.6 Å². The molecule has 2 aliphatic rings. The van der Waals surface area contributed by atoms with E-state index in [2.05, 4.69) is 0 Å². The fraction of sp³-hybridized carbons (Fsp3) is 0.533. The zero-order valence-electron chi connectivity index (χ0n) is 12.3.